The number of carbonyl (C=O) groups excluding carboxylic acids is 2. The number of nitrogens with zero attached hydrogens (tertiary/aromatic N) is 1. The molecular weight excluding hydrogens is 338 g/mol. The summed E-state index contributed by atoms with van der Waals surface area (Å²) in [6.45, 7) is 4.35. The molecule has 7 nitrogen and oxygen atoms in total. The van der Waals surface area contributed by atoms with Crippen LogP contribution >= 0.6 is 0 Å². The average Bonchev–Trinajstić information content (AvgIpc) is 2.54. The summed E-state index contributed by atoms with van der Waals surface area (Å²) in [5.74, 6) is -1.75. The Hall–Kier alpha value is -2.54. The molecule has 1 fully saturated rings. The largest absolute Gasteiger partial charge is 0.493 e. The second kappa shape index (κ2) is 8.23. The molecule has 1 heterocycles. The molecule has 1 aromatic rings. The molecule has 7 heteroatoms. The number of para-hydroxylation sites is 1. The quantitative estimate of drug-likeness (QED) is 0.318. The lowest BCUT2D eigenvalue weighted by Crippen LogP contribution is -2.41. The van der Waals surface area contributed by atoms with E-state index in [2.05, 4.69) is 4.90 Å². The molecule has 142 valence electrons. The predicted molar refractivity (Wildman–Crippen MR) is 95.9 cm³/mol. The fourth-order valence-electron chi connectivity index (χ4n) is 2.45. The molecule has 0 saturated carbocycles. The van der Waals surface area contributed by atoms with Crippen molar-refractivity contribution in [2.24, 2.45) is 0 Å². The minimum absolute atomic E-state index is 0.185. The number of hydrogen-bond donors (Lipinski definition) is 0. The number of carbonyl (C=O) groups is 2. The molecule has 1 aliphatic rings. The zero-order chi connectivity index (χ0) is 19.3. The monoisotopic (exact) mass is 363 g/mol. The first-order chi connectivity index (χ1) is 12.2. The van der Waals surface area contributed by atoms with Gasteiger partial charge in [-0.25, -0.2) is 9.59 Å². The molecular formula is C19H25NO6. The molecule has 1 aliphatic heterocycles. The Kier molecular flexibility index (Phi) is 6.26. The van der Waals surface area contributed by atoms with E-state index >= 15 is 0 Å². The zero-order valence-corrected chi connectivity index (χ0v) is 15.8. The van der Waals surface area contributed by atoms with E-state index in [1.807, 2.05) is 14.1 Å². The Morgan fingerprint density at radius 1 is 1.15 bits per heavy atom. The Morgan fingerprint density at radius 2 is 1.81 bits per heavy atom. The van der Waals surface area contributed by atoms with Crippen LogP contribution in [0, 0.1) is 0 Å². The standard InChI is InChI=1S/C19H25NO6/c1-19(2)25-17(21)14(18(22)26-19)12-13-8-6-9-15(23-5)16(13)24-11-7-10-20(3)4/h6,8-9,12H,7,10-11H2,1-5H3. The van der Waals surface area contributed by atoms with Crippen LogP contribution in [0.1, 0.15) is 25.8 Å². The van der Waals surface area contributed by atoms with E-state index in [1.54, 1.807) is 18.2 Å². The Morgan fingerprint density at radius 3 is 2.38 bits per heavy atom. The molecule has 0 N–H and O–H groups in total. The lowest BCUT2D eigenvalue weighted by molar-refractivity contribution is -0.222. The first-order valence-electron chi connectivity index (χ1n) is 8.36. The third kappa shape index (κ3) is 4.98. The third-order valence-electron chi connectivity index (χ3n) is 3.64. The predicted octanol–water partition coefficient (Wildman–Crippen LogP) is 2.25. The summed E-state index contributed by atoms with van der Waals surface area (Å²) in [4.78, 5) is 26.4. The summed E-state index contributed by atoms with van der Waals surface area (Å²) in [7, 11) is 5.51. The van der Waals surface area contributed by atoms with E-state index in [9.17, 15) is 9.59 Å². The highest BCUT2D eigenvalue weighted by Crippen LogP contribution is 2.34. The fourth-order valence-corrected chi connectivity index (χ4v) is 2.45. The molecule has 0 unspecified atom stereocenters. The first kappa shape index (κ1) is 19.8. The van der Waals surface area contributed by atoms with Crippen LogP contribution in [0.2, 0.25) is 0 Å². The Balaban J connectivity index is 2.28. The number of esters is 2. The van der Waals surface area contributed by atoms with Gasteiger partial charge in [0, 0.05) is 26.0 Å². The number of rotatable bonds is 7. The van der Waals surface area contributed by atoms with Crippen molar-refractivity contribution < 1.29 is 28.5 Å². The highest BCUT2D eigenvalue weighted by molar-refractivity contribution is 6.19. The Labute approximate surface area is 153 Å². The van der Waals surface area contributed by atoms with Crippen LogP contribution in [0.4, 0.5) is 0 Å². The Bertz CT molecular complexity index is 686. The number of ether oxygens (including phenoxy) is 4. The van der Waals surface area contributed by atoms with Gasteiger partial charge in [-0.05, 0) is 32.7 Å². The number of benzene rings is 1. The summed E-state index contributed by atoms with van der Waals surface area (Å²) in [6, 6.07) is 5.24. The van der Waals surface area contributed by atoms with E-state index in [-0.39, 0.29) is 5.57 Å². The minimum Gasteiger partial charge on any atom is -0.493 e. The number of hydrogen-bond acceptors (Lipinski definition) is 7. The van der Waals surface area contributed by atoms with E-state index in [0.717, 1.165) is 13.0 Å². The molecule has 0 aromatic heterocycles. The zero-order valence-electron chi connectivity index (χ0n) is 15.8. The summed E-state index contributed by atoms with van der Waals surface area (Å²) >= 11 is 0. The van der Waals surface area contributed by atoms with Gasteiger partial charge in [-0.2, -0.15) is 0 Å². The highest BCUT2D eigenvalue weighted by Gasteiger charge is 2.39. The van der Waals surface area contributed by atoms with Crippen molar-refractivity contribution in [3.63, 3.8) is 0 Å². The fraction of sp³-hybridized carbons (Fsp3) is 0.474. The smallest absolute Gasteiger partial charge is 0.348 e. The molecule has 0 aliphatic carbocycles. The molecule has 1 saturated heterocycles. The highest BCUT2D eigenvalue weighted by atomic mass is 16.7. The van der Waals surface area contributed by atoms with Gasteiger partial charge in [-0.3, -0.25) is 0 Å². The molecule has 0 amide bonds. The topological polar surface area (TPSA) is 74.3 Å². The number of methoxy groups -OCH3 is 1. The summed E-state index contributed by atoms with van der Waals surface area (Å²) in [5.41, 5.74) is 0.355. The second-order valence-corrected chi connectivity index (χ2v) is 6.62. The number of cyclic esters (lactones) is 2. The van der Waals surface area contributed by atoms with Crippen LogP contribution in [0.3, 0.4) is 0 Å². The molecule has 0 bridgehead atoms. The van der Waals surface area contributed by atoms with Gasteiger partial charge in [0.05, 0.1) is 13.7 Å². The summed E-state index contributed by atoms with van der Waals surface area (Å²) in [5, 5.41) is 0. The molecule has 0 radical (unpaired) electrons. The minimum atomic E-state index is -1.27. The van der Waals surface area contributed by atoms with Crippen LogP contribution in [0.5, 0.6) is 11.5 Å². The van der Waals surface area contributed by atoms with Gasteiger partial charge in [0.2, 0.25) is 0 Å². The lowest BCUT2D eigenvalue weighted by atomic mass is 10.1. The van der Waals surface area contributed by atoms with Crippen molar-refractivity contribution >= 4 is 18.0 Å². The van der Waals surface area contributed by atoms with Crippen LogP contribution in [0.15, 0.2) is 23.8 Å². The molecule has 0 spiro atoms. The van der Waals surface area contributed by atoms with Gasteiger partial charge < -0.3 is 23.8 Å². The molecule has 2 rings (SSSR count). The van der Waals surface area contributed by atoms with Crippen molar-refractivity contribution in [3.05, 3.63) is 29.3 Å². The van der Waals surface area contributed by atoms with Crippen molar-refractivity contribution in [2.75, 3.05) is 34.4 Å². The van der Waals surface area contributed by atoms with Crippen molar-refractivity contribution in [3.8, 4) is 11.5 Å². The van der Waals surface area contributed by atoms with Crippen molar-refractivity contribution in [1.29, 1.82) is 0 Å². The summed E-state index contributed by atoms with van der Waals surface area (Å²) < 4.78 is 21.4. The van der Waals surface area contributed by atoms with E-state index in [1.165, 1.54) is 27.0 Å². The van der Waals surface area contributed by atoms with Gasteiger partial charge in [0.1, 0.15) is 5.57 Å². The molecule has 0 atom stereocenters. The van der Waals surface area contributed by atoms with E-state index < -0.39 is 17.7 Å². The normalized spacial score (nSPS) is 16.2. The van der Waals surface area contributed by atoms with Crippen LogP contribution in [-0.4, -0.2) is 57.0 Å². The molecule has 1 aromatic carbocycles. The van der Waals surface area contributed by atoms with Gasteiger partial charge in [-0.1, -0.05) is 12.1 Å². The van der Waals surface area contributed by atoms with E-state index in [0.29, 0.717) is 23.7 Å². The van der Waals surface area contributed by atoms with Crippen molar-refractivity contribution in [2.45, 2.75) is 26.1 Å². The molecule has 26 heavy (non-hydrogen) atoms. The first-order valence-corrected chi connectivity index (χ1v) is 8.36. The van der Waals surface area contributed by atoms with E-state index in [4.69, 9.17) is 18.9 Å². The van der Waals surface area contributed by atoms with Gasteiger partial charge in [0.25, 0.3) is 5.79 Å². The average molecular weight is 363 g/mol. The van der Waals surface area contributed by atoms with Crippen LogP contribution < -0.4 is 9.47 Å². The van der Waals surface area contributed by atoms with Gasteiger partial charge in [-0.15, -0.1) is 0 Å². The SMILES string of the molecule is COc1cccc(C=C2C(=O)OC(C)(C)OC2=O)c1OCCCN(C)C. The van der Waals surface area contributed by atoms with Crippen molar-refractivity contribution in [1.82, 2.24) is 4.90 Å². The maximum atomic E-state index is 12.2. The maximum Gasteiger partial charge on any atom is 0.348 e. The maximum absolute atomic E-state index is 12.2. The van der Waals surface area contributed by atoms with Gasteiger partial charge >= 0.3 is 11.9 Å². The second-order valence-electron chi connectivity index (χ2n) is 6.62. The lowest BCUT2D eigenvalue weighted by Gasteiger charge is -2.29. The van der Waals surface area contributed by atoms with Crippen LogP contribution in [0.25, 0.3) is 6.08 Å². The third-order valence-corrected chi connectivity index (χ3v) is 3.64. The van der Waals surface area contributed by atoms with Gasteiger partial charge in [0.15, 0.2) is 11.5 Å². The summed E-state index contributed by atoms with van der Waals surface area (Å²) in [6.07, 6.45) is 2.23. The van der Waals surface area contributed by atoms with Crippen LogP contribution in [-0.2, 0) is 19.1 Å².